The first-order valence-electron chi connectivity index (χ1n) is 6.38. The first kappa shape index (κ1) is 13.4. The third-order valence-corrected chi connectivity index (χ3v) is 2.77. The molecule has 2 aromatic rings. The Kier molecular flexibility index (Phi) is 5.26. The van der Waals surface area contributed by atoms with Gasteiger partial charge < -0.3 is 14.8 Å². The molecule has 0 unspecified atom stereocenters. The predicted octanol–water partition coefficient (Wildman–Crippen LogP) is 3.32. The molecule has 2 aromatic carbocycles. The number of anilines is 1. The molecule has 0 amide bonds. The minimum Gasteiger partial charge on any atom is -0.491 e. The number of nitrogens with one attached hydrogen (secondary N) is 1. The lowest BCUT2D eigenvalue weighted by Gasteiger charge is -2.12. The summed E-state index contributed by atoms with van der Waals surface area (Å²) in [7, 11) is 1.67. The van der Waals surface area contributed by atoms with Crippen molar-refractivity contribution in [1.82, 2.24) is 0 Å². The summed E-state index contributed by atoms with van der Waals surface area (Å²) in [6.45, 7) is 1.91. The Balaban J connectivity index is 1.95. The maximum atomic E-state index is 5.70. The molecule has 100 valence electrons. The number of benzene rings is 2. The van der Waals surface area contributed by atoms with Crippen LogP contribution in [0.4, 0.5) is 5.69 Å². The van der Waals surface area contributed by atoms with Crippen molar-refractivity contribution >= 4 is 5.69 Å². The summed E-state index contributed by atoms with van der Waals surface area (Å²) in [6.07, 6.45) is 0. The standard InChI is InChI=1S/C16H19NO2/c1-18-11-12-19-16-10-6-5-7-14(16)13-17-15-8-3-2-4-9-15/h2-10,17H,11-13H2,1H3. The fourth-order valence-electron chi connectivity index (χ4n) is 1.78. The van der Waals surface area contributed by atoms with Gasteiger partial charge in [-0.1, -0.05) is 36.4 Å². The van der Waals surface area contributed by atoms with Crippen LogP contribution in [-0.4, -0.2) is 20.3 Å². The van der Waals surface area contributed by atoms with E-state index < -0.39 is 0 Å². The Hall–Kier alpha value is -2.00. The normalized spacial score (nSPS) is 10.2. The summed E-state index contributed by atoms with van der Waals surface area (Å²) in [5.41, 5.74) is 2.25. The number of hydrogen-bond donors (Lipinski definition) is 1. The van der Waals surface area contributed by atoms with Crippen LogP contribution < -0.4 is 10.1 Å². The molecule has 0 aliphatic heterocycles. The molecular weight excluding hydrogens is 238 g/mol. The average molecular weight is 257 g/mol. The lowest BCUT2D eigenvalue weighted by Crippen LogP contribution is -2.07. The van der Waals surface area contributed by atoms with Crippen molar-refractivity contribution in [2.75, 3.05) is 25.6 Å². The van der Waals surface area contributed by atoms with E-state index in [1.54, 1.807) is 7.11 Å². The van der Waals surface area contributed by atoms with Crippen molar-refractivity contribution in [3.8, 4) is 5.75 Å². The van der Waals surface area contributed by atoms with Gasteiger partial charge in [-0.3, -0.25) is 0 Å². The van der Waals surface area contributed by atoms with Crippen molar-refractivity contribution in [2.45, 2.75) is 6.54 Å². The van der Waals surface area contributed by atoms with Crippen LogP contribution >= 0.6 is 0 Å². The molecule has 1 N–H and O–H groups in total. The zero-order chi connectivity index (χ0) is 13.3. The maximum absolute atomic E-state index is 5.70. The topological polar surface area (TPSA) is 30.5 Å². The number of ether oxygens (including phenoxy) is 2. The molecule has 0 heterocycles. The molecule has 2 rings (SSSR count). The van der Waals surface area contributed by atoms with Crippen LogP contribution in [0.25, 0.3) is 0 Å². The maximum Gasteiger partial charge on any atom is 0.124 e. The smallest absolute Gasteiger partial charge is 0.124 e. The Morgan fingerprint density at radius 1 is 0.895 bits per heavy atom. The highest BCUT2D eigenvalue weighted by Gasteiger charge is 2.02. The summed E-state index contributed by atoms with van der Waals surface area (Å²) in [5, 5.41) is 3.38. The van der Waals surface area contributed by atoms with Crippen LogP contribution in [-0.2, 0) is 11.3 Å². The van der Waals surface area contributed by atoms with E-state index in [1.807, 2.05) is 48.5 Å². The Morgan fingerprint density at radius 3 is 2.42 bits per heavy atom. The van der Waals surface area contributed by atoms with E-state index in [9.17, 15) is 0 Å². The van der Waals surface area contributed by atoms with E-state index in [2.05, 4.69) is 11.4 Å². The van der Waals surface area contributed by atoms with Crippen LogP contribution in [0.2, 0.25) is 0 Å². The Labute approximate surface area is 114 Å². The lowest BCUT2D eigenvalue weighted by atomic mass is 10.2. The van der Waals surface area contributed by atoms with Gasteiger partial charge in [0.1, 0.15) is 12.4 Å². The second-order valence-corrected chi connectivity index (χ2v) is 4.17. The van der Waals surface area contributed by atoms with Crippen LogP contribution in [0, 0.1) is 0 Å². The van der Waals surface area contributed by atoms with Gasteiger partial charge in [0.25, 0.3) is 0 Å². The minimum atomic E-state index is 0.568. The molecule has 0 bridgehead atoms. The number of para-hydroxylation sites is 2. The summed E-state index contributed by atoms with van der Waals surface area (Å²) < 4.78 is 10.7. The van der Waals surface area contributed by atoms with Gasteiger partial charge in [-0.2, -0.15) is 0 Å². The Morgan fingerprint density at radius 2 is 1.63 bits per heavy atom. The van der Waals surface area contributed by atoms with Crippen molar-refractivity contribution in [3.63, 3.8) is 0 Å². The number of rotatable bonds is 7. The molecule has 3 nitrogen and oxygen atoms in total. The molecule has 0 atom stereocenters. The van der Waals surface area contributed by atoms with Gasteiger partial charge in [-0.25, -0.2) is 0 Å². The highest BCUT2D eigenvalue weighted by molar-refractivity contribution is 5.44. The fraction of sp³-hybridized carbons (Fsp3) is 0.250. The molecule has 3 heteroatoms. The minimum absolute atomic E-state index is 0.568. The zero-order valence-electron chi connectivity index (χ0n) is 11.1. The molecular formula is C16H19NO2. The average Bonchev–Trinajstić information content (AvgIpc) is 2.48. The summed E-state index contributed by atoms with van der Waals surface area (Å²) in [6, 6.07) is 18.2. The quantitative estimate of drug-likeness (QED) is 0.772. The highest BCUT2D eigenvalue weighted by atomic mass is 16.5. The monoisotopic (exact) mass is 257 g/mol. The second-order valence-electron chi connectivity index (χ2n) is 4.17. The fourth-order valence-corrected chi connectivity index (χ4v) is 1.78. The molecule has 0 aliphatic rings. The van der Waals surface area contributed by atoms with E-state index in [0.29, 0.717) is 13.2 Å². The summed E-state index contributed by atoms with van der Waals surface area (Å²) >= 11 is 0. The van der Waals surface area contributed by atoms with Crippen molar-refractivity contribution in [1.29, 1.82) is 0 Å². The predicted molar refractivity (Wildman–Crippen MR) is 77.6 cm³/mol. The molecule has 0 aliphatic carbocycles. The van der Waals surface area contributed by atoms with Gasteiger partial charge in [-0.15, -0.1) is 0 Å². The highest BCUT2D eigenvalue weighted by Crippen LogP contribution is 2.19. The van der Waals surface area contributed by atoms with Crippen LogP contribution in [0.15, 0.2) is 54.6 Å². The first-order valence-corrected chi connectivity index (χ1v) is 6.38. The molecule has 0 spiro atoms. The summed E-state index contributed by atoms with van der Waals surface area (Å²) in [4.78, 5) is 0. The van der Waals surface area contributed by atoms with E-state index in [1.165, 1.54) is 0 Å². The van der Waals surface area contributed by atoms with Crippen molar-refractivity contribution in [2.24, 2.45) is 0 Å². The molecule has 0 radical (unpaired) electrons. The van der Waals surface area contributed by atoms with E-state index >= 15 is 0 Å². The van der Waals surface area contributed by atoms with Gasteiger partial charge in [-0.05, 0) is 18.2 Å². The largest absolute Gasteiger partial charge is 0.491 e. The molecule has 0 fully saturated rings. The van der Waals surface area contributed by atoms with E-state index in [0.717, 1.165) is 23.5 Å². The number of methoxy groups -OCH3 is 1. The second kappa shape index (κ2) is 7.44. The Bertz CT molecular complexity index is 485. The van der Waals surface area contributed by atoms with Crippen LogP contribution in [0.5, 0.6) is 5.75 Å². The van der Waals surface area contributed by atoms with Crippen LogP contribution in [0.3, 0.4) is 0 Å². The third kappa shape index (κ3) is 4.30. The van der Waals surface area contributed by atoms with E-state index in [-0.39, 0.29) is 0 Å². The van der Waals surface area contributed by atoms with Crippen LogP contribution in [0.1, 0.15) is 5.56 Å². The van der Waals surface area contributed by atoms with Crippen molar-refractivity contribution in [3.05, 3.63) is 60.2 Å². The van der Waals surface area contributed by atoms with Gasteiger partial charge >= 0.3 is 0 Å². The summed E-state index contributed by atoms with van der Waals surface area (Å²) in [5.74, 6) is 0.906. The zero-order valence-corrected chi connectivity index (χ0v) is 11.1. The van der Waals surface area contributed by atoms with Gasteiger partial charge in [0.15, 0.2) is 0 Å². The number of hydrogen-bond acceptors (Lipinski definition) is 3. The van der Waals surface area contributed by atoms with Gasteiger partial charge in [0, 0.05) is 24.9 Å². The molecule has 19 heavy (non-hydrogen) atoms. The molecule has 0 aromatic heterocycles. The van der Waals surface area contributed by atoms with Crippen molar-refractivity contribution < 1.29 is 9.47 Å². The molecule has 0 saturated heterocycles. The first-order chi connectivity index (χ1) is 9.40. The SMILES string of the molecule is COCCOc1ccccc1CNc1ccccc1. The third-order valence-electron chi connectivity index (χ3n) is 2.77. The van der Waals surface area contributed by atoms with Gasteiger partial charge in [0.05, 0.1) is 6.61 Å². The van der Waals surface area contributed by atoms with Gasteiger partial charge in [0.2, 0.25) is 0 Å². The molecule has 0 saturated carbocycles. The van der Waals surface area contributed by atoms with E-state index in [4.69, 9.17) is 9.47 Å². The lowest BCUT2D eigenvalue weighted by molar-refractivity contribution is 0.146.